The van der Waals surface area contributed by atoms with Crippen LogP contribution in [-0.4, -0.2) is 28.9 Å². The second kappa shape index (κ2) is 6.99. The lowest BCUT2D eigenvalue weighted by atomic mass is 10.1. The fraction of sp³-hybridized carbons (Fsp3) is 0.250. The van der Waals surface area contributed by atoms with E-state index in [1.165, 1.54) is 12.1 Å². The minimum atomic E-state index is -1.29. The highest BCUT2D eigenvalue weighted by Gasteiger charge is 2.21. The summed E-state index contributed by atoms with van der Waals surface area (Å²) in [4.78, 5) is 33.4. The Labute approximate surface area is 122 Å². The molecule has 0 aliphatic carbocycles. The molecule has 0 heterocycles. The Morgan fingerprint density at radius 3 is 2.55 bits per heavy atom. The number of nitrogens with one attached hydrogen (secondary N) is 1. The number of rotatable bonds is 6. The van der Waals surface area contributed by atoms with Crippen LogP contribution in [0.1, 0.15) is 23.2 Å². The summed E-state index contributed by atoms with van der Waals surface area (Å²) >= 11 is 2.94. The number of primary amides is 1. The Hall–Kier alpha value is -1.96. The van der Waals surface area contributed by atoms with Gasteiger partial charge in [0.05, 0.1) is 4.47 Å². The molecule has 6 nitrogen and oxygen atoms in total. The van der Waals surface area contributed by atoms with Crippen molar-refractivity contribution in [3.8, 4) is 0 Å². The number of carboxylic acids is 1. The van der Waals surface area contributed by atoms with Crippen molar-refractivity contribution in [1.82, 2.24) is 5.32 Å². The molecule has 0 saturated heterocycles. The predicted octanol–water partition coefficient (Wildman–Crippen LogP) is 1.04. The molecule has 108 valence electrons. The fourth-order valence-corrected chi connectivity index (χ4v) is 1.67. The van der Waals surface area contributed by atoms with E-state index in [1.54, 1.807) is 0 Å². The molecular weight excluding hydrogens is 335 g/mol. The van der Waals surface area contributed by atoms with Crippen molar-refractivity contribution in [2.45, 2.75) is 18.9 Å². The number of carbonyl (C=O) groups is 3. The smallest absolute Gasteiger partial charge is 0.326 e. The lowest BCUT2D eigenvalue weighted by molar-refractivity contribution is -0.139. The van der Waals surface area contributed by atoms with Crippen LogP contribution in [0.2, 0.25) is 0 Å². The summed E-state index contributed by atoms with van der Waals surface area (Å²) in [5, 5.41) is 11.1. The summed E-state index contributed by atoms with van der Waals surface area (Å²) < 4.78 is 13.5. The Balaban J connectivity index is 2.77. The first-order chi connectivity index (χ1) is 9.31. The molecule has 0 spiro atoms. The molecule has 0 aromatic heterocycles. The molecule has 1 rings (SSSR count). The maximum atomic E-state index is 13.3. The number of benzene rings is 1. The molecule has 20 heavy (non-hydrogen) atoms. The number of nitrogens with two attached hydrogens (primary N) is 1. The van der Waals surface area contributed by atoms with Gasteiger partial charge in [0.25, 0.3) is 5.91 Å². The third-order valence-electron chi connectivity index (χ3n) is 2.46. The van der Waals surface area contributed by atoms with Crippen LogP contribution in [0.5, 0.6) is 0 Å². The van der Waals surface area contributed by atoms with E-state index in [0.717, 1.165) is 6.07 Å². The number of carboxylic acid groups (broad SMARTS) is 1. The Kier molecular flexibility index (Phi) is 5.63. The standard InChI is InChI=1S/C12H12BrFN2O4/c13-7-2-1-6(5-8(7)14)11(18)16-9(12(19)20)3-4-10(15)17/h1-2,5,9H,3-4H2,(H2,15,17)(H,16,18)(H,19,20)/t9-/m1/s1. The SMILES string of the molecule is NC(=O)CC[C@@H](NC(=O)c1ccc(Br)c(F)c1)C(=O)O. The van der Waals surface area contributed by atoms with Crippen LogP contribution in [0.3, 0.4) is 0 Å². The molecule has 0 bridgehead atoms. The van der Waals surface area contributed by atoms with Crippen molar-refractivity contribution in [3.63, 3.8) is 0 Å². The number of hydrogen-bond donors (Lipinski definition) is 3. The number of aliphatic carboxylic acids is 1. The van der Waals surface area contributed by atoms with Gasteiger partial charge in [-0.15, -0.1) is 0 Å². The third-order valence-corrected chi connectivity index (χ3v) is 3.11. The second-order valence-electron chi connectivity index (χ2n) is 4.00. The minimum Gasteiger partial charge on any atom is -0.480 e. The molecule has 0 unspecified atom stereocenters. The summed E-state index contributed by atoms with van der Waals surface area (Å²) in [7, 11) is 0. The zero-order valence-corrected chi connectivity index (χ0v) is 11.8. The van der Waals surface area contributed by atoms with Crippen LogP contribution in [0.25, 0.3) is 0 Å². The van der Waals surface area contributed by atoms with Crippen molar-refractivity contribution < 1.29 is 23.9 Å². The maximum absolute atomic E-state index is 13.3. The van der Waals surface area contributed by atoms with Gasteiger partial charge in [-0.2, -0.15) is 0 Å². The van der Waals surface area contributed by atoms with Crippen LogP contribution in [0.15, 0.2) is 22.7 Å². The van der Waals surface area contributed by atoms with Crippen molar-refractivity contribution in [2.75, 3.05) is 0 Å². The van der Waals surface area contributed by atoms with Crippen molar-refractivity contribution in [3.05, 3.63) is 34.1 Å². The average Bonchev–Trinajstić information content (AvgIpc) is 2.36. The van der Waals surface area contributed by atoms with Gasteiger partial charge >= 0.3 is 5.97 Å². The zero-order chi connectivity index (χ0) is 15.3. The van der Waals surface area contributed by atoms with E-state index >= 15 is 0 Å². The molecule has 0 aliphatic heterocycles. The predicted molar refractivity (Wildman–Crippen MR) is 71.4 cm³/mol. The topological polar surface area (TPSA) is 109 Å². The molecule has 1 aromatic carbocycles. The number of amides is 2. The first-order valence-electron chi connectivity index (χ1n) is 5.58. The van der Waals surface area contributed by atoms with Crippen LogP contribution >= 0.6 is 15.9 Å². The van der Waals surface area contributed by atoms with Gasteiger partial charge in [0.15, 0.2) is 0 Å². The lowest BCUT2D eigenvalue weighted by Gasteiger charge is -2.13. The van der Waals surface area contributed by atoms with E-state index in [9.17, 15) is 18.8 Å². The highest BCUT2D eigenvalue weighted by Crippen LogP contribution is 2.16. The van der Waals surface area contributed by atoms with Gasteiger partial charge in [0, 0.05) is 12.0 Å². The van der Waals surface area contributed by atoms with Crippen LogP contribution in [0.4, 0.5) is 4.39 Å². The monoisotopic (exact) mass is 346 g/mol. The Morgan fingerprint density at radius 2 is 2.05 bits per heavy atom. The fourth-order valence-electron chi connectivity index (χ4n) is 1.42. The first-order valence-corrected chi connectivity index (χ1v) is 6.37. The zero-order valence-electron chi connectivity index (χ0n) is 10.2. The van der Waals surface area contributed by atoms with Crippen molar-refractivity contribution in [1.29, 1.82) is 0 Å². The van der Waals surface area contributed by atoms with Gasteiger partial charge in [0.2, 0.25) is 5.91 Å². The third kappa shape index (κ3) is 4.61. The van der Waals surface area contributed by atoms with E-state index < -0.39 is 29.6 Å². The summed E-state index contributed by atoms with van der Waals surface area (Å²) in [6.07, 6.45) is -0.304. The van der Waals surface area contributed by atoms with Gasteiger partial charge in [0.1, 0.15) is 11.9 Å². The molecule has 0 radical (unpaired) electrons. The quantitative estimate of drug-likeness (QED) is 0.714. The molecule has 8 heteroatoms. The molecule has 4 N–H and O–H groups in total. The van der Waals surface area contributed by atoms with Crippen molar-refractivity contribution >= 4 is 33.7 Å². The molecular formula is C12H12BrFN2O4. The van der Waals surface area contributed by atoms with Gasteiger partial charge in [-0.3, -0.25) is 9.59 Å². The van der Waals surface area contributed by atoms with E-state index in [0.29, 0.717) is 0 Å². The van der Waals surface area contributed by atoms with E-state index in [-0.39, 0.29) is 22.9 Å². The van der Waals surface area contributed by atoms with Gasteiger partial charge in [-0.1, -0.05) is 0 Å². The molecule has 0 fully saturated rings. The van der Waals surface area contributed by atoms with Gasteiger partial charge < -0.3 is 16.2 Å². The Bertz CT molecular complexity index is 550. The van der Waals surface area contributed by atoms with E-state index in [1.807, 2.05) is 0 Å². The Morgan fingerprint density at radius 1 is 1.40 bits per heavy atom. The second-order valence-corrected chi connectivity index (χ2v) is 4.85. The normalized spacial score (nSPS) is 11.7. The van der Waals surface area contributed by atoms with Crippen LogP contribution < -0.4 is 11.1 Å². The summed E-state index contributed by atoms with van der Waals surface area (Å²) in [6.45, 7) is 0. The summed E-state index contributed by atoms with van der Waals surface area (Å²) in [5.74, 6) is -3.34. The molecule has 0 saturated carbocycles. The summed E-state index contributed by atoms with van der Waals surface area (Å²) in [5.41, 5.74) is 4.90. The van der Waals surface area contributed by atoms with Crippen molar-refractivity contribution in [2.24, 2.45) is 5.73 Å². The van der Waals surface area contributed by atoms with E-state index in [4.69, 9.17) is 10.8 Å². The first kappa shape index (κ1) is 16.1. The molecule has 0 aliphatic rings. The lowest BCUT2D eigenvalue weighted by Crippen LogP contribution is -2.41. The van der Waals surface area contributed by atoms with Crippen LogP contribution in [-0.2, 0) is 9.59 Å². The van der Waals surface area contributed by atoms with Crippen LogP contribution in [0, 0.1) is 5.82 Å². The largest absolute Gasteiger partial charge is 0.480 e. The molecule has 2 amide bonds. The van der Waals surface area contributed by atoms with Gasteiger partial charge in [-0.25, -0.2) is 9.18 Å². The highest BCUT2D eigenvalue weighted by atomic mass is 79.9. The molecule has 1 atom stereocenters. The number of hydrogen-bond acceptors (Lipinski definition) is 3. The number of halogens is 2. The van der Waals surface area contributed by atoms with Gasteiger partial charge in [-0.05, 0) is 40.5 Å². The number of carbonyl (C=O) groups excluding carboxylic acids is 2. The average molecular weight is 347 g/mol. The molecule has 1 aromatic rings. The highest BCUT2D eigenvalue weighted by molar-refractivity contribution is 9.10. The van der Waals surface area contributed by atoms with E-state index in [2.05, 4.69) is 21.2 Å². The summed E-state index contributed by atoms with van der Waals surface area (Å²) in [6, 6.07) is 2.40. The maximum Gasteiger partial charge on any atom is 0.326 e. The minimum absolute atomic E-state index is 0.0176.